The second-order valence-electron chi connectivity index (χ2n) is 5.60. The van der Waals surface area contributed by atoms with Gasteiger partial charge in [0.2, 0.25) is 0 Å². The van der Waals surface area contributed by atoms with Gasteiger partial charge >= 0.3 is 0 Å². The van der Waals surface area contributed by atoms with Crippen LogP contribution >= 0.6 is 0 Å². The van der Waals surface area contributed by atoms with Crippen LogP contribution in [-0.4, -0.2) is 42.2 Å². The number of aryl methyl sites for hydroxylation is 2. The molecule has 0 saturated heterocycles. The SMILES string of the molecule is Cc1cc(C(F)F)n2ncc(C(=O)N(C)Cc3cnn(C)c3)c2n1. The zero-order valence-electron chi connectivity index (χ0n) is 13.4. The molecule has 3 aromatic rings. The van der Waals surface area contributed by atoms with Crippen LogP contribution in [0, 0.1) is 6.92 Å². The molecule has 0 aromatic carbocycles. The Morgan fingerprint density at radius 3 is 2.71 bits per heavy atom. The molecular weight excluding hydrogens is 318 g/mol. The van der Waals surface area contributed by atoms with Crippen LogP contribution in [0.2, 0.25) is 0 Å². The van der Waals surface area contributed by atoms with Gasteiger partial charge in [-0.05, 0) is 13.0 Å². The van der Waals surface area contributed by atoms with E-state index in [9.17, 15) is 13.6 Å². The normalized spacial score (nSPS) is 11.4. The van der Waals surface area contributed by atoms with Crippen LogP contribution in [0.5, 0.6) is 0 Å². The molecule has 3 aromatic heterocycles. The number of aromatic nitrogens is 5. The maximum Gasteiger partial charge on any atom is 0.280 e. The van der Waals surface area contributed by atoms with Crippen molar-refractivity contribution in [3.05, 3.63) is 47.2 Å². The Hall–Kier alpha value is -2.84. The summed E-state index contributed by atoms with van der Waals surface area (Å²) >= 11 is 0. The summed E-state index contributed by atoms with van der Waals surface area (Å²) in [5.74, 6) is -0.341. The number of hydrogen-bond acceptors (Lipinski definition) is 4. The van der Waals surface area contributed by atoms with E-state index >= 15 is 0 Å². The zero-order valence-corrected chi connectivity index (χ0v) is 13.4. The maximum absolute atomic E-state index is 13.1. The molecule has 0 atom stereocenters. The quantitative estimate of drug-likeness (QED) is 0.732. The molecule has 0 spiro atoms. The van der Waals surface area contributed by atoms with Crippen molar-refractivity contribution in [2.45, 2.75) is 19.9 Å². The second-order valence-corrected chi connectivity index (χ2v) is 5.60. The summed E-state index contributed by atoms with van der Waals surface area (Å²) in [4.78, 5) is 18.3. The molecule has 0 unspecified atom stereocenters. The number of carbonyl (C=O) groups is 1. The predicted molar refractivity (Wildman–Crippen MR) is 81.7 cm³/mol. The van der Waals surface area contributed by atoms with Crippen molar-refractivity contribution in [3.8, 4) is 0 Å². The fourth-order valence-electron chi connectivity index (χ4n) is 2.52. The lowest BCUT2D eigenvalue weighted by Crippen LogP contribution is -2.26. The van der Waals surface area contributed by atoms with Gasteiger partial charge in [0.25, 0.3) is 12.3 Å². The highest BCUT2D eigenvalue weighted by Crippen LogP contribution is 2.22. The fraction of sp³-hybridized carbons (Fsp3) is 0.333. The Morgan fingerprint density at radius 1 is 1.33 bits per heavy atom. The number of amides is 1. The van der Waals surface area contributed by atoms with Crippen molar-refractivity contribution in [3.63, 3.8) is 0 Å². The first kappa shape index (κ1) is 16.0. The number of alkyl halides is 2. The summed E-state index contributed by atoms with van der Waals surface area (Å²) in [6.45, 7) is 1.95. The highest BCUT2D eigenvalue weighted by Gasteiger charge is 2.22. The molecule has 126 valence electrons. The minimum Gasteiger partial charge on any atom is -0.337 e. The van der Waals surface area contributed by atoms with E-state index in [4.69, 9.17) is 0 Å². The molecule has 0 N–H and O–H groups in total. The van der Waals surface area contributed by atoms with E-state index in [2.05, 4.69) is 15.2 Å². The summed E-state index contributed by atoms with van der Waals surface area (Å²) in [6, 6.07) is 1.26. The van der Waals surface area contributed by atoms with E-state index in [-0.39, 0.29) is 22.8 Å². The van der Waals surface area contributed by atoms with Gasteiger partial charge in [0, 0.05) is 38.1 Å². The van der Waals surface area contributed by atoms with Gasteiger partial charge in [0.1, 0.15) is 11.3 Å². The number of nitrogens with zero attached hydrogens (tertiary/aromatic N) is 6. The second kappa shape index (κ2) is 5.99. The molecule has 0 aliphatic heterocycles. The van der Waals surface area contributed by atoms with Crippen LogP contribution in [0.4, 0.5) is 8.78 Å². The van der Waals surface area contributed by atoms with E-state index in [0.717, 1.165) is 10.1 Å². The van der Waals surface area contributed by atoms with Gasteiger partial charge in [-0.25, -0.2) is 18.3 Å². The molecule has 0 bridgehead atoms. The van der Waals surface area contributed by atoms with E-state index < -0.39 is 6.43 Å². The lowest BCUT2D eigenvalue weighted by Gasteiger charge is -2.15. The largest absolute Gasteiger partial charge is 0.337 e. The van der Waals surface area contributed by atoms with E-state index in [1.807, 2.05) is 0 Å². The monoisotopic (exact) mass is 334 g/mol. The third-order valence-corrected chi connectivity index (χ3v) is 3.61. The van der Waals surface area contributed by atoms with E-state index in [0.29, 0.717) is 12.2 Å². The van der Waals surface area contributed by atoms with Gasteiger partial charge in [-0.15, -0.1) is 0 Å². The molecular formula is C15H16F2N6O. The highest BCUT2D eigenvalue weighted by molar-refractivity contribution is 5.99. The maximum atomic E-state index is 13.1. The van der Waals surface area contributed by atoms with Gasteiger partial charge in [-0.2, -0.15) is 10.2 Å². The van der Waals surface area contributed by atoms with Gasteiger partial charge in [-0.1, -0.05) is 0 Å². The smallest absolute Gasteiger partial charge is 0.280 e. The molecule has 7 nitrogen and oxygen atoms in total. The Morgan fingerprint density at radius 2 is 2.08 bits per heavy atom. The molecule has 0 aliphatic carbocycles. The van der Waals surface area contributed by atoms with Crippen LogP contribution in [0.25, 0.3) is 5.65 Å². The minimum atomic E-state index is -2.70. The van der Waals surface area contributed by atoms with Gasteiger partial charge < -0.3 is 4.90 Å². The van der Waals surface area contributed by atoms with Gasteiger partial charge in [0.15, 0.2) is 5.65 Å². The molecule has 1 amide bonds. The van der Waals surface area contributed by atoms with E-state index in [1.165, 1.54) is 17.2 Å². The summed E-state index contributed by atoms with van der Waals surface area (Å²) in [6.07, 6.45) is 2.04. The number of fused-ring (bicyclic) bond motifs is 1. The van der Waals surface area contributed by atoms with Gasteiger partial charge in [-0.3, -0.25) is 9.48 Å². The van der Waals surface area contributed by atoms with Crippen molar-refractivity contribution in [1.82, 2.24) is 29.3 Å². The van der Waals surface area contributed by atoms with Gasteiger partial charge in [0.05, 0.1) is 12.4 Å². The minimum absolute atomic E-state index is 0.133. The Kier molecular flexibility index (Phi) is 4.00. The van der Waals surface area contributed by atoms with Crippen molar-refractivity contribution in [2.75, 3.05) is 7.05 Å². The Balaban J connectivity index is 1.95. The van der Waals surface area contributed by atoms with Crippen molar-refractivity contribution < 1.29 is 13.6 Å². The van der Waals surface area contributed by atoms with Crippen molar-refractivity contribution >= 4 is 11.6 Å². The summed E-state index contributed by atoms with van der Waals surface area (Å²) < 4.78 is 28.9. The molecule has 0 fully saturated rings. The highest BCUT2D eigenvalue weighted by atomic mass is 19.3. The molecule has 9 heteroatoms. The number of halogens is 2. The third-order valence-electron chi connectivity index (χ3n) is 3.61. The standard InChI is InChI=1S/C15H16F2N6O/c1-9-4-12(13(16)17)23-14(20-9)11(6-19-23)15(24)21(2)7-10-5-18-22(3)8-10/h4-6,8,13H,7H2,1-3H3. The van der Waals surface area contributed by atoms with Crippen LogP contribution in [0.3, 0.4) is 0 Å². The lowest BCUT2D eigenvalue weighted by atomic mass is 10.2. The first-order valence-corrected chi connectivity index (χ1v) is 7.23. The Labute approximate surface area is 136 Å². The molecule has 3 heterocycles. The first-order valence-electron chi connectivity index (χ1n) is 7.23. The summed E-state index contributed by atoms with van der Waals surface area (Å²) in [5.41, 5.74) is 1.30. The molecule has 0 saturated carbocycles. The average Bonchev–Trinajstić information content (AvgIpc) is 3.11. The van der Waals surface area contributed by atoms with E-state index in [1.54, 1.807) is 38.1 Å². The van der Waals surface area contributed by atoms with Crippen molar-refractivity contribution in [1.29, 1.82) is 0 Å². The molecule has 3 rings (SSSR count). The number of hydrogen-bond donors (Lipinski definition) is 0. The average molecular weight is 334 g/mol. The molecule has 0 aliphatic rings. The zero-order chi connectivity index (χ0) is 17.4. The summed E-state index contributed by atoms with van der Waals surface area (Å²) in [5, 5.41) is 7.96. The topological polar surface area (TPSA) is 68.3 Å². The van der Waals surface area contributed by atoms with Crippen LogP contribution in [-0.2, 0) is 13.6 Å². The third kappa shape index (κ3) is 2.84. The molecule has 24 heavy (non-hydrogen) atoms. The Bertz CT molecular complexity index is 901. The fourth-order valence-corrected chi connectivity index (χ4v) is 2.52. The lowest BCUT2D eigenvalue weighted by molar-refractivity contribution is 0.0786. The molecule has 0 radical (unpaired) electrons. The predicted octanol–water partition coefficient (Wildman–Crippen LogP) is 1.98. The summed E-state index contributed by atoms with van der Waals surface area (Å²) in [7, 11) is 3.41. The first-order chi connectivity index (χ1) is 11.4. The number of rotatable bonds is 4. The van der Waals surface area contributed by atoms with Crippen LogP contribution < -0.4 is 0 Å². The van der Waals surface area contributed by atoms with Crippen molar-refractivity contribution in [2.24, 2.45) is 7.05 Å². The van der Waals surface area contributed by atoms with Crippen LogP contribution in [0.15, 0.2) is 24.7 Å². The number of carbonyl (C=O) groups excluding carboxylic acids is 1. The van der Waals surface area contributed by atoms with Crippen LogP contribution in [0.1, 0.15) is 33.7 Å².